The number of carboxylic acids is 1. The minimum atomic E-state index is -0.981. The van der Waals surface area contributed by atoms with Gasteiger partial charge in [0.1, 0.15) is 13.2 Å². The van der Waals surface area contributed by atoms with Crippen LogP contribution in [0.1, 0.15) is 6.92 Å². The summed E-state index contributed by atoms with van der Waals surface area (Å²) in [6.07, 6.45) is 0.287. The number of hydrogen-bond donors (Lipinski definition) is 1. The fraction of sp³-hybridized carbons (Fsp3) is 0.364. The molecule has 102 valence electrons. The fourth-order valence-corrected chi connectivity index (χ4v) is 0.466. The molecule has 0 atom stereocenters. The number of carboxylic acid groups (broad SMARTS) is 1. The Labute approximate surface area is 105 Å². The maximum atomic E-state index is 10.2. The van der Waals surface area contributed by atoms with Gasteiger partial charge in [-0.25, -0.2) is 14.4 Å². The Balaban J connectivity index is 0. The standard InChI is InChI=1S/C5H8O2.C3H4O3.C3H4O2/c1-4(2)5(6)7-3;4-3-5-1-2-6-3;1-2-3(4)5/h1H2,2-3H3;1-2H2;2H,1H2,(H,4,5). The number of ether oxygens (including phenoxy) is 3. The largest absolute Gasteiger partial charge is 0.508 e. The topological polar surface area (TPSA) is 99.1 Å². The summed E-state index contributed by atoms with van der Waals surface area (Å²) < 4.78 is 12.9. The molecule has 1 fully saturated rings. The van der Waals surface area contributed by atoms with Crippen LogP contribution < -0.4 is 0 Å². The van der Waals surface area contributed by atoms with E-state index < -0.39 is 12.1 Å². The number of hydrogen-bond acceptors (Lipinski definition) is 6. The first-order chi connectivity index (χ1) is 8.34. The summed E-state index contributed by atoms with van der Waals surface area (Å²) in [6.45, 7) is 8.75. The molecule has 0 radical (unpaired) electrons. The predicted molar refractivity (Wildman–Crippen MR) is 62.0 cm³/mol. The highest BCUT2D eigenvalue weighted by Gasteiger charge is 2.09. The SMILES string of the molecule is C=C(C)C(=O)OC.C=CC(=O)O.O=C1OCCO1. The zero-order chi connectivity index (χ0) is 14.6. The van der Waals surface area contributed by atoms with E-state index in [1.807, 2.05) is 0 Å². The van der Waals surface area contributed by atoms with Crippen LogP contribution in [0.5, 0.6) is 0 Å². The Morgan fingerprint density at radius 3 is 1.83 bits per heavy atom. The summed E-state index contributed by atoms with van der Waals surface area (Å²) in [6, 6.07) is 0. The highest BCUT2D eigenvalue weighted by atomic mass is 16.8. The maximum Gasteiger partial charge on any atom is 0.508 e. The summed E-state index contributed by atoms with van der Waals surface area (Å²) in [5.41, 5.74) is 0.433. The molecule has 1 heterocycles. The van der Waals surface area contributed by atoms with Gasteiger partial charge in [-0.3, -0.25) is 0 Å². The molecule has 0 unspecified atom stereocenters. The van der Waals surface area contributed by atoms with Gasteiger partial charge >= 0.3 is 18.1 Å². The molecule has 0 aliphatic carbocycles. The van der Waals surface area contributed by atoms with Gasteiger partial charge < -0.3 is 19.3 Å². The van der Waals surface area contributed by atoms with Gasteiger partial charge in [0.25, 0.3) is 0 Å². The average molecular weight is 260 g/mol. The third kappa shape index (κ3) is 13.7. The van der Waals surface area contributed by atoms with Gasteiger partial charge in [0.15, 0.2) is 0 Å². The van der Waals surface area contributed by atoms with Gasteiger partial charge in [-0.05, 0) is 6.92 Å². The molecule has 7 nitrogen and oxygen atoms in total. The lowest BCUT2D eigenvalue weighted by atomic mass is 10.4. The second kappa shape index (κ2) is 11.2. The van der Waals surface area contributed by atoms with E-state index in [0.29, 0.717) is 18.8 Å². The molecule has 0 saturated carbocycles. The van der Waals surface area contributed by atoms with Gasteiger partial charge in [0.05, 0.1) is 7.11 Å². The number of esters is 1. The van der Waals surface area contributed by atoms with Crippen molar-refractivity contribution in [3.63, 3.8) is 0 Å². The van der Waals surface area contributed by atoms with E-state index in [9.17, 15) is 14.4 Å². The molecular weight excluding hydrogens is 244 g/mol. The van der Waals surface area contributed by atoms with E-state index in [0.717, 1.165) is 6.08 Å². The van der Waals surface area contributed by atoms with Gasteiger partial charge in [-0.15, -0.1) is 0 Å². The molecule has 0 aromatic rings. The molecule has 0 bridgehead atoms. The van der Waals surface area contributed by atoms with Crippen molar-refractivity contribution >= 4 is 18.1 Å². The first-order valence-corrected chi connectivity index (χ1v) is 4.73. The highest BCUT2D eigenvalue weighted by Crippen LogP contribution is 1.92. The molecule has 1 rings (SSSR count). The zero-order valence-corrected chi connectivity index (χ0v) is 10.3. The highest BCUT2D eigenvalue weighted by molar-refractivity contribution is 5.86. The van der Waals surface area contributed by atoms with Gasteiger partial charge in [-0.2, -0.15) is 0 Å². The molecular formula is C11H16O7. The first kappa shape index (κ1) is 18.1. The summed E-state index contributed by atoms with van der Waals surface area (Å²) in [4.78, 5) is 29.2. The normalized spacial score (nSPS) is 11.3. The van der Waals surface area contributed by atoms with Crippen LogP contribution >= 0.6 is 0 Å². The van der Waals surface area contributed by atoms with Crippen LogP contribution in [0.15, 0.2) is 24.8 Å². The number of carbonyl (C=O) groups excluding carboxylic acids is 2. The van der Waals surface area contributed by atoms with E-state index >= 15 is 0 Å². The average Bonchev–Trinajstić information content (AvgIpc) is 2.80. The summed E-state index contributed by atoms with van der Waals surface area (Å²) >= 11 is 0. The lowest BCUT2D eigenvalue weighted by Crippen LogP contribution is -1.98. The maximum absolute atomic E-state index is 10.2. The van der Waals surface area contributed by atoms with Crippen LogP contribution in [-0.2, 0) is 23.8 Å². The smallest absolute Gasteiger partial charge is 0.478 e. The third-order valence-electron chi connectivity index (χ3n) is 1.23. The van der Waals surface area contributed by atoms with E-state index in [1.165, 1.54) is 7.11 Å². The van der Waals surface area contributed by atoms with Crippen molar-refractivity contribution in [3.8, 4) is 0 Å². The summed E-state index contributed by atoms with van der Waals surface area (Å²) in [7, 11) is 1.33. The number of cyclic esters (lactones) is 2. The minimum absolute atomic E-state index is 0.347. The van der Waals surface area contributed by atoms with Crippen molar-refractivity contribution in [2.75, 3.05) is 20.3 Å². The number of methoxy groups -OCH3 is 1. The lowest BCUT2D eigenvalue weighted by Gasteiger charge is -1.91. The molecule has 1 N–H and O–H groups in total. The molecule has 0 spiro atoms. The molecule has 1 saturated heterocycles. The Morgan fingerprint density at radius 2 is 1.78 bits per heavy atom. The number of aliphatic carboxylic acids is 1. The number of rotatable bonds is 2. The molecule has 1 aliphatic rings. The van der Waals surface area contributed by atoms with Gasteiger partial charge in [-0.1, -0.05) is 13.2 Å². The van der Waals surface area contributed by atoms with Crippen molar-refractivity contribution in [3.05, 3.63) is 24.8 Å². The molecule has 7 heteroatoms. The van der Waals surface area contributed by atoms with E-state index in [-0.39, 0.29) is 5.97 Å². The molecule has 0 aromatic carbocycles. The molecule has 0 amide bonds. The predicted octanol–water partition coefficient (Wildman–Crippen LogP) is 1.15. The Morgan fingerprint density at radius 1 is 1.39 bits per heavy atom. The Hall–Kier alpha value is -2.31. The quantitative estimate of drug-likeness (QED) is 0.587. The van der Waals surface area contributed by atoms with Crippen molar-refractivity contribution < 1.29 is 33.7 Å². The van der Waals surface area contributed by atoms with Crippen LogP contribution in [0.2, 0.25) is 0 Å². The Bertz CT molecular complexity index is 311. The molecule has 0 aromatic heterocycles. The van der Waals surface area contributed by atoms with Crippen LogP contribution in [0, 0.1) is 0 Å². The van der Waals surface area contributed by atoms with Crippen LogP contribution in [0.25, 0.3) is 0 Å². The summed E-state index contributed by atoms with van der Waals surface area (Å²) in [5.74, 6) is -1.33. The zero-order valence-electron chi connectivity index (χ0n) is 10.3. The first-order valence-electron chi connectivity index (χ1n) is 4.73. The monoisotopic (exact) mass is 260 g/mol. The Kier molecular flexibility index (Phi) is 11.2. The van der Waals surface area contributed by atoms with Crippen molar-refractivity contribution in [1.82, 2.24) is 0 Å². The van der Waals surface area contributed by atoms with Gasteiger partial charge in [0.2, 0.25) is 0 Å². The fourth-order valence-electron chi connectivity index (χ4n) is 0.466. The van der Waals surface area contributed by atoms with Crippen LogP contribution in [0.3, 0.4) is 0 Å². The van der Waals surface area contributed by atoms with E-state index in [4.69, 9.17) is 5.11 Å². The minimum Gasteiger partial charge on any atom is -0.478 e. The molecule has 1 aliphatic heterocycles. The van der Waals surface area contributed by atoms with Crippen molar-refractivity contribution in [1.29, 1.82) is 0 Å². The lowest BCUT2D eigenvalue weighted by molar-refractivity contribution is -0.136. The molecule has 18 heavy (non-hydrogen) atoms. The van der Waals surface area contributed by atoms with E-state index in [2.05, 4.69) is 27.4 Å². The van der Waals surface area contributed by atoms with Crippen LogP contribution in [-0.4, -0.2) is 43.5 Å². The summed E-state index contributed by atoms with van der Waals surface area (Å²) in [5, 5.41) is 7.60. The second-order valence-corrected chi connectivity index (χ2v) is 2.76. The van der Waals surface area contributed by atoms with Crippen LogP contribution in [0.4, 0.5) is 4.79 Å². The van der Waals surface area contributed by atoms with Gasteiger partial charge in [0, 0.05) is 11.6 Å². The van der Waals surface area contributed by atoms with E-state index in [1.54, 1.807) is 6.92 Å². The van der Waals surface area contributed by atoms with Crippen molar-refractivity contribution in [2.45, 2.75) is 6.92 Å². The number of carbonyl (C=O) groups is 3. The third-order valence-corrected chi connectivity index (χ3v) is 1.23. The second-order valence-electron chi connectivity index (χ2n) is 2.76. The van der Waals surface area contributed by atoms with Crippen molar-refractivity contribution in [2.24, 2.45) is 0 Å².